The third kappa shape index (κ3) is 3.19. The zero-order valence-electron chi connectivity index (χ0n) is 14.6. The maximum atomic E-state index is 6.10. The molecule has 0 aromatic heterocycles. The largest absolute Gasteiger partial charge is 0.494 e. The second-order valence-corrected chi connectivity index (χ2v) is 7.84. The van der Waals surface area contributed by atoms with E-state index in [1.54, 1.807) is 0 Å². The highest BCUT2D eigenvalue weighted by atomic mass is 16.7. The summed E-state index contributed by atoms with van der Waals surface area (Å²) >= 11 is 0. The number of benzene rings is 1. The molecule has 0 atom stereocenters. The quantitative estimate of drug-likeness (QED) is 0.778. The van der Waals surface area contributed by atoms with E-state index in [0.717, 1.165) is 5.46 Å². The first-order valence-corrected chi connectivity index (χ1v) is 8.05. The van der Waals surface area contributed by atoms with Crippen molar-refractivity contribution >= 4 is 12.6 Å². The van der Waals surface area contributed by atoms with Gasteiger partial charge in [0, 0.05) is 0 Å². The molecular weight excluding hydrogens is 259 g/mol. The Kier molecular flexibility index (Phi) is 4.29. The lowest BCUT2D eigenvalue weighted by atomic mass is 9.75. The molecular formula is C18H29BO2. The molecule has 0 spiro atoms. The van der Waals surface area contributed by atoms with Crippen LogP contribution in [0.2, 0.25) is 0 Å². The van der Waals surface area contributed by atoms with E-state index in [4.69, 9.17) is 9.31 Å². The van der Waals surface area contributed by atoms with Crippen molar-refractivity contribution in [2.45, 2.75) is 77.9 Å². The predicted octanol–water partition coefficient (Wildman–Crippen LogP) is 4.06. The van der Waals surface area contributed by atoms with Crippen LogP contribution in [0.1, 0.15) is 66.9 Å². The van der Waals surface area contributed by atoms with Crippen LogP contribution in [-0.2, 0) is 14.7 Å². The van der Waals surface area contributed by atoms with Crippen LogP contribution in [0.4, 0.5) is 0 Å². The molecule has 3 heteroatoms. The number of hydrogen-bond acceptors (Lipinski definition) is 2. The molecule has 2 rings (SSSR count). The van der Waals surface area contributed by atoms with Crippen LogP contribution in [-0.4, -0.2) is 18.3 Å². The maximum absolute atomic E-state index is 6.10. The molecule has 0 amide bonds. The van der Waals surface area contributed by atoms with E-state index in [-0.39, 0.29) is 23.7 Å². The minimum atomic E-state index is -0.280. The van der Waals surface area contributed by atoms with Crippen molar-refractivity contribution in [3.8, 4) is 0 Å². The predicted molar refractivity (Wildman–Crippen MR) is 90.1 cm³/mol. The van der Waals surface area contributed by atoms with Gasteiger partial charge in [-0.25, -0.2) is 0 Å². The third-order valence-corrected chi connectivity index (χ3v) is 5.09. The fourth-order valence-corrected chi connectivity index (χ4v) is 2.84. The van der Waals surface area contributed by atoms with Gasteiger partial charge in [-0.1, -0.05) is 51.5 Å². The van der Waals surface area contributed by atoms with E-state index in [0.29, 0.717) is 0 Å². The van der Waals surface area contributed by atoms with Crippen molar-refractivity contribution in [2.24, 2.45) is 0 Å². The fraction of sp³-hybridized carbons (Fsp3) is 0.667. The van der Waals surface area contributed by atoms with Crippen LogP contribution < -0.4 is 5.46 Å². The standard InChI is InChI=1S/C18H29BO2/c1-8-13-16(2,3)14-9-11-15(12-10-14)19-20-17(4,5)18(6,7)21-19/h9-12H,8,13H2,1-7H3. The maximum Gasteiger partial charge on any atom is 0.494 e. The summed E-state index contributed by atoms with van der Waals surface area (Å²) in [5, 5.41) is 0. The highest BCUT2D eigenvalue weighted by molar-refractivity contribution is 6.62. The van der Waals surface area contributed by atoms with Gasteiger partial charge >= 0.3 is 7.12 Å². The van der Waals surface area contributed by atoms with Crippen LogP contribution >= 0.6 is 0 Å². The second kappa shape index (κ2) is 5.44. The Morgan fingerprint density at radius 1 is 0.952 bits per heavy atom. The lowest BCUT2D eigenvalue weighted by molar-refractivity contribution is 0.00578. The first-order valence-electron chi connectivity index (χ1n) is 8.05. The molecule has 1 aromatic carbocycles. The Hall–Kier alpha value is -0.795. The first kappa shape index (κ1) is 16.6. The Morgan fingerprint density at radius 3 is 1.86 bits per heavy atom. The van der Waals surface area contributed by atoms with Crippen LogP contribution in [0.15, 0.2) is 24.3 Å². The van der Waals surface area contributed by atoms with Gasteiger partial charge in [-0.3, -0.25) is 0 Å². The van der Waals surface area contributed by atoms with Crippen LogP contribution in [0.25, 0.3) is 0 Å². The van der Waals surface area contributed by atoms with E-state index >= 15 is 0 Å². The van der Waals surface area contributed by atoms with Crippen LogP contribution in [0.3, 0.4) is 0 Å². The SMILES string of the molecule is CCCC(C)(C)c1ccc(B2OC(C)(C)C(C)(C)O2)cc1. The van der Waals surface area contributed by atoms with Crippen LogP contribution in [0.5, 0.6) is 0 Å². The van der Waals surface area contributed by atoms with Gasteiger partial charge in [0.1, 0.15) is 0 Å². The van der Waals surface area contributed by atoms with Gasteiger partial charge in [-0.05, 0) is 50.6 Å². The van der Waals surface area contributed by atoms with Crippen molar-refractivity contribution in [3.05, 3.63) is 29.8 Å². The summed E-state index contributed by atoms with van der Waals surface area (Å²) < 4.78 is 12.2. The Balaban J connectivity index is 2.18. The molecule has 0 bridgehead atoms. The monoisotopic (exact) mass is 288 g/mol. The molecule has 1 fully saturated rings. The molecule has 2 nitrogen and oxygen atoms in total. The van der Waals surface area contributed by atoms with Gasteiger partial charge in [-0.2, -0.15) is 0 Å². The molecule has 0 saturated carbocycles. The summed E-state index contributed by atoms with van der Waals surface area (Å²) in [7, 11) is -0.265. The molecule has 116 valence electrons. The fourth-order valence-electron chi connectivity index (χ4n) is 2.84. The van der Waals surface area contributed by atoms with Gasteiger partial charge in [0.2, 0.25) is 0 Å². The Labute approximate surface area is 130 Å². The van der Waals surface area contributed by atoms with Crippen molar-refractivity contribution < 1.29 is 9.31 Å². The smallest absolute Gasteiger partial charge is 0.399 e. The first-order chi connectivity index (χ1) is 9.59. The lowest BCUT2D eigenvalue weighted by Crippen LogP contribution is -2.41. The molecule has 1 heterocycles. The summed E-state index contributed by atoms with van der Waals surface area (Å²) in [6.45, 7) is 15.2. The minimum Gasteiger partial charge on any atom is -0.399 e. The van der Waals surface area contributed by atoms with E-state index in [1.165, 1.54) is 18.4 Å². The van der Waals surface area contributed by atoms with E-state index in [1.807, 2.05) is 0 Å². The number of hydrogen-bond donors (Lipinski definition) is 0. The number of rotatable bonds is 4. The summed E-state index contributed by atoms with van der Waals surface area (Å²) in [5.41, 5.74) is 2.15. The second-order valence-electron chi connectivity index (χ2n) is 7.84. The van der Waals surface area contributed by atoms with Gasteiger partial charge in [-0.15, -0.1) is 0 Å². The van der Waals surface area contributed by atoms with Gasteiger partial charge in [0.05, 0.1) is 11.2 Å². The zero-order chi connectivity index (χ0) is 15.9. The topological polar surface area (TPSA) is 18.5 Å². The van der Waals surface area contributed by atoms with Crippen LogP contribution in [0, 0.1) is 0 Å². The van der Waals surface area contributed by atoms with Crippen molar-refractivity contribution in [3.63, 3.8) is 0 Å². The summed E-state index contributed by atoms with van der Waals surface area (Å²) in [4.78, 5) is 0. The average Bonchev–Trinajstić information content (AvgIpc) is 2.59. The molecule has 0 N–H and O–H groups in total. The highest BCUT2D eigenvalue weighted by Gasteiger charge is 2.51. The third-order valence-electron chi connectivity index (χ3n) is 5.09. The molecule has 0 unspecified atom stereocenters. The van der Waals surface area contributed by atoms with Gasteiger partial charge in [0.25, 0.3) is 0 Å². The normalized spacial score (nSPS) is 20.8. The molecule has 1 aromatic rings. The van der Waals surface area contributed by atoms with Crippen molar-refractivity contribution in [1.82, 2.24) is 0 Å². The zero-order valence-corrected chi connectivity index (χ0v) is 14.6. The van der Waals surface area contributed by atoms with E-state index < -0.39 is 0 Å². The van der Waals surface area contributed by atoms with Crippen molar-refractivity contribution in [2.75, 3.05) is 0 Å². The highest BCUT2D eigenvalue weighted by Crippen LogP contribution is 2.36. The molecule has 0 aliphatic carbocycles. The van der Waals surface area contributed by atoms with E-state index in [2.05, 4.69) is 72.7 Å². The molecule has 0 radical (unpaired) electrons. The summed E-state index contributed by atoms with van der Waals surface area (Å²) in [6.07, 6.45) is 2.40. The Bertz CT molecular complexity index is 472. The lowest BCUT2D eigenvalue weighted by Gasteiger charge is -2.32. The van der Waals surface area contributed by atoms with Gasteiger partial charge in [0.15, 0.2) is 0 Å². The van der Waals surface area contributed by atoms with Crippen molar-refractivity contribution in [1.29, 1.82) is 0 Å². The molecule has 1 saturated heterocycles. The Morgan fingerprint density at radius 2 is 1.43 bits per heavy atom. The summed E-state index contributed by atoms with van der Waals surface area (Å²) in [5.74, 6) is 0. The van der Waals surface area contributed by atoms with E-state index in [9.17, 15) is 0 Å². The minimum absolute atomic E-state index is 0.225. The molecule has 1 aliphatic rings. The molecule has 1 aliphatic heterocycles. The summed E-state index contributed by atoms with van der Waals surface area (Å²) in [6, 6.07) is 8.73. The van der Waals surface area contributed by atoms with Gasteiger partial charge < -0.3 is 9.31 Å². The average molecular weight is 288 g/mol. The molecule has 21 heavy (non-hydrogen) atoms.